The minimum atomic E-state index is -2.28. The molecule has 0 amide bonds. The van der Waals surface area contributed by atoms with E-state index < -0.39 is 94.9 Å². The van der Waals surface area contributed by atoms with Gasteiger partial charge < -0.3 is 43.4 Å². The molecule has 59 heavy (non-hydrogen) atoms. The summed E-state index contributed by atoms with van der Waals surface area (Å²) in [6, 6.07) is 25.6. The molecule has 7 rings (SSSR count). The Morgan fingerprint density at radius 1 is 0.797 bits per heavy atom. The van der Waals surface area contributed by atoms with E-state index in [0.29, 0.717) is 11.1 Å². The highest BCUT2D eigenvalue weighted by Gasteiger charge is 2.79. The third-order valence-electron chi connectivity index (χ3n) is 12.7. The maximum atomic E-state index is 15.9. The number of Topliss-reactive ketones (excluding diaryl/α,β-unsaturated/α-hetero) is 1. The summed E-state index contributed by atoms with van der Waals surface area (Å²) in [4.78, 5) is 70.6. The van der Waals surface area contributed by atoms with Crippen molar-refractivity contribution in [1.29, 1.82) is 0 Å². The molecule has 312 valence electrons. The number of aliphatic hydroxyl groups is 2. The van der Waals surface area contributed by atoms with Gasteiger partial charge in [-0.15, -0.1) is 0 Å². The van der Waals surface area contributed by atoms with Gasteiger partial charge in [0.05, 0.1) is 29.6 Å². The van der Waals surface area contributed by atoms with Gasteiger partial charge in [0.2, 0.25) is 0 Å². The zero-order chi connectivity index (χ0) is 42.3. The van der Waals surface area contributed by atoms with Gasteiger partial charge in [-0.1, -0.05) is 92.7 Å². The van der Waals surface area contributed by atoms with Crippen LogP contribution in [0.4, 0.5) is 9.59 Å². The molecule has 3 aromatic carbocycles. The number of carbonyl (C=O) groups is 5. The highest BCUT2D eigenvalue weighted by atomic mass is 16.7. The zero-order valence-corrected chi connectivity index (χ0v) is 33.5. The van der Waals surface area contributed by atoms with Gasteiger partial charge in [-0.2, -0.15) is 0 Å². The second-order valence-corrected chi connectivity index (χ2v) is 16.4. The molecule has 3 aromatic rings. The Morgan fingerprint density at radius 3 is 1.86 bits per heavy atom. The van der Waals surface area contributed by atoms with Gasteiger partial charge >= 0.3 is 24.2 Å². The van der Waals surface area contributed by atoms with Crippen LogP contribution in [0.1, 0.15) is 68.9 Å². The third kappa shape index (κ3) is 7.27. The fraction of sp³-hybridized carbons (Fsp3) is 0.444. The number of aliphatic hydroxyl groups excluding tert-OH is 1. The first-order valence-corrected chi connectivity index (χ1v) is 19.5. The molecular weight excluding hydrogens is 764 g/mol. The van der Waals surface area contributed by atoms with E-state index in [1.807, 2.05) is 0 Å². The molecule has 2 bridgehead atoms. The molecule has 0 aromatic heterocycles. The normalized spacial score (nSPS) is 31.7. The van der Waals surface area contributed by atoms with Crippen LogP contribution in [0.5, 0.6) is 0 Å². The smallest absolute Gasteiger partial charge is 0.455 e. The number of fused-ring (bicyclic) bond motifs is 5. The van der Waals surface area contributed by atoms with Crippen LogP contribution in [0.2, 0.25) is 0 Å². The average Bonchev–Trinajstić information content (AvgIpc) is 3.21. The van der Waals surface area contributed by atoms with Crippen molar-refractivity contribution in [2.24, 2.45) is 16.7 Å². The van der Waals surface area contributed by atoms with Crippen molar-refractivity contribution < 1.29 is 67.3 Å². The summed E-state index contributed by atoms with van der Waals surface area (Å²) < 4.78 is 41.6. The van der Waals surface area contributed by atoms with Crippen LogP contribution in [0.3, 0.4) is 0 Å². The van der Waals surface area contributed by atoms with Gasteiger partial charge in [-0.05, 0) is 48.3 Å². The molecular formula is C45H48O14. The van der Waals surface area contributed by atoms with Gasteiger partial charge in [0, 0.05) is 25.2 Å². The summed E-state index contributed by atoms with van der Waals surface area (Å²) in [6.45, 7) is 6.66. The Kier molecular flexibility index (Phi) is 11.2. The molecule has 3 fully saturated rings. The molecule has 0 spiro atoms. The lowest BCUT2D eigenvalue weighted by atomic mass is 9.44. The minimum Gasteiger partial charge on any atom is -0.455 e. The average molecular weight is 813 g/mol. The van der Waals surface area contributed by atoms with Crippen LogP contribution in [0, 0.1) is 16.7 Å². The first-order chi connectivity index (χ1) is 28.0. The number of rotatable bonds is 9. The van der Waals surface area contributed by atoms with Crippen molar-refractivity contribution in [2.45, 2.75) is 102 Å². The Balaban J connectivity index is 1.40. The number of esters is 2. The first kappa shape index (κ1) is 41.6. The predicted octanol–water partition coefficient (Wildman–Crippen LogP) is 5.80. The number of hydrogen-bond donors (Lipinski definition) is 2. The third-order valence-corrected chi connectivity index (χ3v) is 12.7. The Hall–Kier alpha value is -5.57. The maximum absolute atomic E-state index is 15.9. The van der Waals surface area contributed by atoms with Crippen LogP contribution < -0.4 is 0 Å². The number of ether oxygens (including phenoxy) is 7. The van der Waals surface area contributed by atoms with Crippen LogP contribution in [-0.2, 0) is 56.0 Å². The quantitative estimate of drug-likeness (QED) is 0.150. The molecule has 14 heteroatoms. The van der Waals surface area contributed by atoms with Gasteiger partial charge in [-0.25, -0.2) is 14.4 Å². The van der Waals surface area contributed by atoms with Crippen LogP contribution >= 0.6 is 0 Å². The fourth-order valence-corrected chi connectivity index (χ4v) is 9.60. The van der Waals surface area contributed by atoms with Crippen molar-refractivity contribution in [1.82, 2.24) is 0 Å². The van der Waals surface area contributed by atoms with E-state index >= 15 is 4.79 Å². The first-order valence-electron chi connectivity index (χ1n) is 19.5. The van der Waals surface area contributed by atoms with E-state index in [4.69, 9.17) is 33.2 Å². The molecule has 4 aliphatic rings. The molecule has 9 atom stereocenters. The van der Waals surface area contributed by atoms with Crippen molar-refractivity contribution in [2.75, 3.05) is 6.61 Å². The predicted molar refractivity (Wildman–Crippen MR) is 206 cm³/mol. The van der Waals surface area contributed by atoms with E-state index in [-0.39, 0.29) is 43.0 Å². The lowest BCUT2D eigenvalue weighted by Crippen LogP contribution is -2.82. The minimum absolute atomic E-state index is 0.0276. The summed E-state index contributed by atoms with van der Waals surface area (Å²) >= 11 is 0. The van der Waals surface area contributed by atoms with Crippen LogP contribution in [-0.4, -0.2) is 88.6 Å². The fourth-order valence-electron chi connectivity index (χ4n) is 9.60. The Morgan fingerprint density at radius 2 is 1.34 bits per heavy atom. The standard InChI is InChI=1S/C45H48O14/c1-26-31(47)22-45(52)38(58-39(49)30-19-13-8-14-20-30)36-43(5,37(48)35(34(26)42(45,3)4)57-41(51)54-24-29-17-11-7-12-18-29)32(21-33-44(36,25-55-33)59-27(2)46)56-40(50)53-23-28-15-9-6-10-16-28/h6-20,31-33,35-36,38,47,52H,21-25H2,1-5H3/t31-,32-,33+,35+,36?,38?,43+,44-,45+/m0/s1. The Bertz CT molecular complexity index is 2120. The molecule has 1 heterocycles. The number of ketones is 1. The summed E-state index contributed by atoms with van der Waals surface area (Å²) in [5.74, 6) is -4.08. The number of benzene rings is 3. The van der Waals surface area contributed by atoms with Crippen LogP contribution in [0.15, 0.2) is 102 Å². The van der Waals surface area contributed by atoms with Crippen molar-refractivity contribution in [3.63, 3.8) is 0 Å². The van der Waals surface area contributed by atoms with Crippen molar-refractivity contribution in [3.8, 4) is 0 Å². The largest absolute Gasteiger partial charge is 0.509 e. The molecule has 2 unspecified atom stereocenters. The van der Waals surface area contributed by atoms with E-state index in [9.17, 15) is 29.4 Å². The highest BCUT2D eigenvalue weighted by Crippen LogP contribution is 2.64. The van der Waals surface area contributed by atoms with Gasteiger partial charge in [-0.3, -0.25) is 9.59 Å². The number of hydrogen-bond acceptors (Lipinski definition) is 14. The number of carbonyl (C=O) groups excluding carboxylic acids is 5. The van der Waals surface area contributed by atoms with E-state index in [1.54, 1.807) is 99.6 Å². The summed E-state index contributed by atoms with van der Waals surface area (Å²) in [5, 5.41) is 25.2. The van der Waals surface area contributed by atoms with E-state index in [0.717, 1.165) is 0 Å². The van der Waals surface area contributed by atoms with Gasteiger partial charge in [0.1, 0.15) is 37.1 Å². The topological polar surface area (TPSA) is 190 Å². The van der Waals surface area contributed by atoms with E-state index in [2.05, 4.69) is 0 Å². The summed E-state index contributed by atoms with van der Waals surface area (Å²) in [6.07, 6.45) is -10.6. The molecule has 1 aliphatic heterocycles. The molecule has 0 radical (unpaired) electrons. The second kappa shape index (κ2) is 15.9. The SMILES string of the molecule is CC(=O)O[C@@]12CO[C@@H]1C[C@H](OC(=O)OCc1ccccc1)[C@@]1(C)C(=O)[C@H](OC(=O)OCc3ccccc3)C3=C(C)[C@@H](O)C[C@@](O)(C(OC(=O)c4ccccc4)C12)C3(C)C. The Labute approximate surface area is 341 Å². The molecule has 2 saturated carbocycles. The maximum Gasteiger partial charge on any atom is 0.509 e. The van der Waals surface area contributed by atoms with Gasteiger partial charge in [0.15, 0.2) is 17.5 Å². The summed E-state index contributed by atoms with van der Waals surface area (Å²) in [7, 11) is 0. The zero-order valence-electron chi connectivity index (χ0n) is 33.5. The molecule has 1 saturated heterocycles. The van der Waals surface area contributed by atoms with Crippen molar-refractivity contribution in [3.05, 3.63) is 119 Å². The highest BCUT2D eigenvalue weighted by molar-refractivity contribution is 5.95. The van der Waals surface area contributed by atoms with Crippen molar-refractivity contribution >= 4 is 30.0 Å². The molecule has 2 N–H and O–H groups in total. The molecule has 3 aliphatic carbocycles. The van der Waals surface area contributed by atoms with E-state index in [1.165, 1.54) is 26.0 Å². The lowest BCUT2D eigenvalue weighted by Gasteiger charge is -2.67. The van der Waals surface area contributed by atoms with Crippen LogP contribution in [0.25, 0.3) is 0 Å². The molecule has 14 nitrogen and oxygen atoms in total. The lowest BCUT2D eigenvalue weighted by molar-refractivity contribution is -0.346. The summed E-state index contributed by atoms with van der Waals surface area (Å²) in [5.41, 5.74) is -6.12. The van der Waals surface area contributed by atoms with Gasteiger partial charge in [0.25, 0.3) is 0 Å². The second-order valence-electron chi connectivity index (χ2n) is 16.4. The monoisotopic (exact) mass is 812 g/mol.